The van der Waals surface area contributed by atoms with Crippen LogP contribution in [0.15, 0.2) is 18.2 Å². The Morgan fingerprint density at radius 2 is 1.76 bits per heavy atom. The minimum absolute atomic E-state index is 0.0272. The third-order valence-corrected chi connectivity index (χ3v) is 8.33. The summed E-state index contributed by atoms with van der Waals surface area (Å²) in [5.74, 6) is 0.0580. The van der Waals surface area contributed by atoms with Crippen molar-refractivity contribution in [2.45, 2.75) is 38.4 Å². The summed E-state index contributed by atoms with van der Waals surface area (Å²) in [6, 6.07) is 5.11. The molecule has 1 N–H and O–H groups in total. The number of halogens is 3. The number of amides is 1. The summed E-state index contributed by atoms with van der Waals surface area (Å²) in [4.78, 5) is 13.1. The maximum atomic E-state index is 12.9. The molecule has 0 radical (unpaired) electrons. The van der Waals surface area contributed by atoms with Crippen molar-refractivity contribution >= 4 is 50.7 Å². The Balaban J connectivity index is 1.90. The molecule has 3 aliphatic rings. The van der Waals surface area contributed by atoms with Gasteiger partial charge in [0.2, 0.25) is 5.91 Å². The van der Waals surface area contributed by atoms with E-state index in [1.54, 1.807) is 18.2 Å². The molecule has 0 saturated heterocycles. The Morgan fingerprint density at radius 3 is 2.19 bits per heavy atom. The highest BCUT2D eigenvalue weighted by atomic mass is 79.9. The van der Waals surface area contributed by atoms with Gasteiger partial charge in [0, 0.05) is 20.6 Å². The van der Waals surface area contributed by atoms with E-state index in [4.69, 9.17) is 23.2 Å². The molecular formula is C16H18BrCl2NO. The van der Waals surface area contributed by atoms with Gasteiger partial charge in [-0.1, -0.05) is 59.9 Å². The van der Waals surface area contributed by atoms with Crippen molar-refractivity contribution in [1.82, 2.24) is 0 Å². The zero-order valence-corrected chi connectivity index (χ0v) is 15.4. The summed E-state index contributed by atoms with van der Waals surface area (Å²) < 4.78 is 0. The first-order valence-corrected chi connectivity index (χ1v) is 8.74. The lowest BCUT2D eigenvalue weighted by Gasteiger charge is -2.64. The highest BCUT2D eigenvalue weighted by Gasteiger charge is 2.80. The molecular weight excluding hydrogens is 373 g/mol. The standard InChI is InChI=1S/C16H18BrCl2NO/c1-14(2)15(3)4-5-16(14,12(15)17)13(21)20-11-7-9(18)6-10(19)8-11/h6-8,12H,4-5H2,1-3H3,(H,20,21). The quantitative estimate of drug-likeness (QED) is 0.661. The fraction of sp³-hybridized carbons (Fsp3) is 0.562. The van der Waals surface area contributed by atoms with Crippen LogP contribution in [0.5, 0.6) is 0 Å². The third kappa shape index (κ3) is 1.80. The van der Waals surface area contributed by atoms with E-state index in [0.717, 1.165) is 12.8 Å². The van der Waals surface area contributed by atoms with E-state index in [1.807, 2.05) is 0 Å². The van der Waals surface area contributed by atoms with Crippen LogP contribution in [-0.2, 0) is 4.79 Å². The van der Waals surface area contributed by atoms with Gasteiger partial charge in [-0.2, -0.15) is 0 Å². The average Bonchev–Trinajstić information content (AvgIpc) is 2.76. The fourth-order valence-electron chi connectivity index (χ4n) is 4.33. The number of rotatable bonds is 2. The van der Waals surface area contributed by atoms with Crippen LogP contribution in [-0.4, -0.2) is 10.7 Å². The van der Waals surface area contributed by atoms with Crippen LogP contribution < -0.4 is 5.32 Å². The number of hydrogen-bond acceptors (Lipinski definition) is 1. The summed E-state index contributed by atoms with van der Waals surface area (Å²) in [5, 5.41) is 4.06. The molecule has 0 aliphatic heterocycles. The molecule has 1 amide bonds. The summed E-state index contributed by atoms with van der Waals surface area (Å²) in [5.41, 5.74) is 0.441. The minimum atomic E-state index is -0.365. The molecule has 0 heterocycles. The van der Waals surface area contributed by atoms with Crippen LogP contribution in [0.3, 0.4) is 0 Å². The van der Waals surface area contributed by atoms with Crippen molar-refractivity contribution in [2.24, 2.45) is 16.2 Å². The van der Waals surface area contributed by atoms with Crippen LogP contribution in [0.4, 0.5) is 5.69 Å². The smallest absolute Gasteiger partial charge is 0.232 e. The van der Waals surface area contributed by atoms with E-state index >= 15 is 0 Å². The highest BCUT2D eigenvalue weighted by molar-refractivity contribution is 9.09. The van der Waals surface area contributed by atoms with E-state index in [9.17, 15) is 4.79 Å². The molecule has 1 aromatic carbocycles. The molecule has 1 aromatic rings. The molecule has 21 heavy (non-hydrogen) atoms. The van der Waals surface area contributed by atoms with Gasteiger partial charge in [-0.3, -0.25) is 4.79 Å². The molecule has 5 heteroatoms. The van der Waals surface area contributed by atoms with Gasteiger partial charge < -0.3 is 5.32 Å². The molecule has 0 aromatic heterocycles. The maximum Gasteiger partial charge on any atom is 0.232 e. The van der Waals surface area contributed by atoms with Gasteiger partial charge in [0.25, 0.3) is 0 Å². The number of hydrogen-bond donors (Lipinski definition) is 1. The Morgan fingerprint density at radius 1 is 1.19 bits per heavy atom. The molecule has 114 valence electrons. The van der Waals surface area contributed by atoms with Gasteiger partial charge >= 0.3 is 0 Å². The fourth-order valence-corrected chi connectivity index (χ4v) is 6.66. The van der Waals surface area contributed by atoms with Crippen molar-refractivity contribution < 1.29 is 4.79 Å². The first kappa shape index (κ1) is 15.6. The zero-order valence-electron chi connectivity index (χ0n) is 12.3. The van der Waals surface area contributed by atoms with Crippen LogP contribution >= 0.6 is 39.1 Å². The third-order valence-electron chi connectivity index (χ3n) is 6.10. The Kier molecular flexibility index (Phi) is 3.44. The SMILES string of the molecule is CC12CCC(C(=O)Nc3cc(Cl)cc(Cl)c3)(C1Br)C2(C)C. The van der Waals surface area contributed by atoms with Crippen molar-refractivity contribution in [3.63, 3.8) is 0 Å². The lowest BCUT2D eigenvalue weighted by molar-refractivity contribution is -0.155. The molecule has 3 aliphatic carbocycles. The molecule has 3 saturated carbocycles. The number of fused-ring (bicyclic) bond motifs is 1. The molecule has 3 unspecified atom stereocenters. The van der Waals surface area contributed by atoms with Crippen LogP contribution in [0, 0.1) is 16.2 Å². The Labute approximate surface area is 143 Å². The van der Waals surface area contributed by atoms with Crippen LogP contribution in [0.25, 0.3) is 0 Å². The van der Waals surface area contributed by atoms with Gasteiger partial charge in [-0.05, 0) is 41.9 Å². The van der Waals surface area contributed by atoms with Gasteiger partial charge in [0.1, 0.15) is 0 Å². The lowest BCUT2D eigenvalue weighted by Crippen LogP contribution is -2.68. The number of benzene rings is 1. The minimum Gasteiger partial charge on any atom is -0.325 e. The summed E-state index contributed by atoms with van der Waals surface area (Å²) in [7, 11) is 0. The first-order chi connectivity index (χ1) is 9.65. The van der Waals surface area contributed by atoms with E-state index in [2.05, 4.69) is 42.0 Å². The number of carbonyl (C=O) groups is 1. The van der Waals surface area contributed by atoms with Gasteiger partial charge in [-0.25, -0.2) is 0 Å². The van der Waals surface area contributed by atoms with Crippen molar-refractivity contribution in [1.29, 1.82) is 0 Å². The van der Waals surface area contributed by atoms with Gasteiger partial charge in [0.15, 0.2) is 0 Å². The van der Waals surface area contributed by atoms with Crippen molar-refractivity contribution in [2.75, 3.05) is 5.32 Å². The van der Waals surface area contributed by atoms with E-state index < -0.39 is 0 Å². The second-order valence-electron chi connectivity index (χ2n) is 6.99. The molecule has 0 spiro atoms. The molecule has 2 nitrogen and oxygen atoms in total. The van der Waals surface area contributed by atoms with E-state index in [0.29, 0.717) is 15.7 Å². The predicted molar refractivity (Wildman–Crippen MR) is 91.4 cm³/mol. The summed E-state index contributed by atoms with van der Waals surface area (Å²) in [6.07, 6.45) is 1.98. The predicted octanol–water partition coefficient (Wildman–Crippen LogP) is 5.52. The first-order valence-electron chi connectivity index (χ1n) is 7.07. The average molecular weight is 391 g/mol. The Bertz CT molecular complexity index is 612. The lowest BCUT2D eigenvalue weighted by atomic mass is 9.43. The van der Waals surface area contributed by atoms with Crippen LogP contribution in [0.2, 0.25) is 10.0 Å². The second-order valence-corrected chi connectivity index (χ2v) is 8.78. The number of carbonyl (C=O) groups excluding carboxylic acids is 1. The van der Waals surface area contributed by atoms with Crippen molar-refractivity contribution in [3.05, 3.63) is 28.2 Å². The summed E-state index contributed by atoms with van der Waals surface area (Å²) >= 11 is 15.8. The normalized spacial score (nSPS) is 36.2. The number of anilines is 1. The highest BCUT2D eigenvalue weighted by Crippen LogP contribution is 2.79. The molecule has 3 atom stereocenters. The number of alkyl halides is 1. The van der Waals surface area contributed by atoms with Gasteiger partial charge in [0.05, 0.1) is 5.41 Å². The van der Waals surface area contributed by atoms with Gasteiger partial charge in [-0.15, -0.1) is 0 Å². The molecule has 4 rings (SSSR count). The largest absolute Gasteiger partial charge is 0.325 e. The monoisotopic (exact) mass is 389 g/mol. The summed E-state index contributed by atoms with van der Waals surface area (Å²) in [6.45, 7) is 6.66. The second kappa shape index (κ2) is 4.62. The van der Waals surface area contributed by atoms with E-state index in [1.165, 1.54) is 0 Å². The maximum absolute atomic E-state index is 12.9. The van der Waals surface area contributed by atoms with Crippen LogP contribution in [0.1, 0.15) is 33.6 Å². The molecule has 3 fully saturated rings. The number of nitrogens with one attached hydrogen (secondary N) is 1. The topological polar surface area (TPSA) is 29.1 Å². The van der Waals surface area contributed by atoms with E-state index in [-0.39, 0.29) is 27.0 Å². The zero-order chi connectivity index (χ0) is 15.6. The molecule has 2 bridgehead atoms. The van der Waals surface area contributed by atoms with Crippen molar-refractivity contribution in [3.8, 4) is 0 Å². The Hall–Kier alpha value is -0.250.